The van der Waals surface area contributed by atoms with Crippen LogP contribution < -0.4 is 10.5 Å². The van der Waals surface area contributed by atoms with Gasteiger partial charge in [0.1, 0.15) is 5.75 Å². The van der Waals surface area contributed by atoms with Gasteiger partial charge in [-0.05, 0) is 25.8 Å². The number of rotatable bonds is 9. The summed E-state index contributed by atoms with van der Waals surface area (Å²) in [6.07, 6.45) is 1.06. The van der Waals surface area contributed by atoms with Crippen LogP contribution in [0.3, 0.4) is 0 Å². The van der Waals surface area contributed by atoms with E-state index in [0.29, 0.717) is 42.0 Å². The molecule has 2 rings (SSSR count). The van der Waals surface area contributed by atoms with Crippen LogP contribution in [0.4, 0.5) is 0 Å². The zero-order valence-electron chi connectivity index (χ0n) is 15.9. The third-order valence-electron chi connectivity index (χ3n) is 4.59. The van der Waals surface area contributed by atoms with Crippen molar-refractivity contribution in [3.63, 3.8) is 0 Å². The van der Waals surface area contributed by atoms with Gasteiger partial charge in [-0.3, -0.25) is 9.59 Å². The molecule has 0 radical (unpaired) electrons. The van der Waals surface area contributed by atoms with Crippen LogP contribution in [0.25, 0.3) is 11.1 Å². The predicted octanol–water partition coefficient (Wildman–Crippen LogP) is 2.06. The number of amides is 1. The number of ether oxygens (including phenoxy) is 2. The van der Waals surface area contributed by atoms with Crippen LogP contribution in [0.15, 0.2) is 24.3 Å². The highest BCUT2D eigenvalue weighted by molar-refractivity contribution is 6.03. The molecule has 0 spiro atoms. The van der Waals surface area contributed by atoms with Gasteiger partial charge in [-0.25, -0.2) is 0 Å². The summed E-state index contributed by atoms with van der Waals surface area (Å²) in [5, 5.41) is 9.25. The van der Waals surface area contributed by atoms with Crippen LogP contribution in [0, 0.1) is 6.92 Å². The van der Waals surface area contributed by atoms with Crippen molar-refractivity contribution >= 4 is 11.9 Å². The Balaban J connectivity index is 2.73. The molecule has 146 valence electrons. The highest BCUT2D eigenvalue weighted by Gasteiger charge is 2.26. The van der Waals surface area contributed by atoms with Crippen molar-refractivity contribution in [1.29, 1.82) is 0 Å². The molecule has 0 saturated carbocycles. The topological polar surface area (TPSA) is 104 Å². The number of nitrogens with zero attached hydrogens (tertiary/aromatic N) is 1. The minimum Gasteiger partial charge on any atom is -0.496 e. The number of methoxy groups -OCH3 is 2. The number of benzene rings is 1. The minimum absolute atomic E-state index is 0.0178. The normalized spacial score (nSPS) is 10.7. The average molecular weight is 374 g/mol. The van der Waals surface area contributed by atoms with Crippen molar-refractivity contribution in [2.24, 2.45) is 5.73 Å². The number of carbonyl (C=O) groups is 2. The van der Waals surface area contributed by atoms with E-state index < -0.39 is 5.91 Å². The SMILES string of the molecule is COC(=O)CCc1c(-c2ccccc2OC)c(C(N)=O)c(C)n1CCCO. The summed E-state index contributed by atoms with van der Waals surface area (Å²) < 4.78 is 12.2. The number of para-hydroxylation sites is 1. The van der Waals surface area contributed by atoms with Crippen molar-refractivity contribution in [2.45, 2.75) is 32.7 Å². The van der Waals surface area contributed by atoms with Gasteiger partial charge < -0.3 is 24.9 Å². The molecule has 0 aliphatic heterocycles. The summed E-state index contributed by atoms with van der Waals surface area (Å²) in [6, 6.07) is 7.37. The van der Waals surface area contributed by atoms with E-state index in [1.165, 1.54) is 7.11 Å². The van der Waals surface area contributed by atoms with Gasteiger partial charge in [0.2, 0.25) is 0 Å². The Morgan fingerprint density at radius 3 is 2.52 bits per heavy atom. The number of hydrogen-bond acceptors (Lipinski definition) is 5. The van der Waals surface area contributed by atoms with Crippen LogP contribution in [0.5, 0.6) is 5.75 Å². The van der Waals surface area contributed by atoms with E-state index in [0.717, 1.165) is 11.3 Å². The molecule has 7 nitrogen and oxygen atoms in total. The first kappa shape index (κ1) is 20.5. The number of aliphatic hydroxyl groups is 1. The monoisotopic (exact) mass is 374 g/mol. The summed E-state index contributed by atoms with van der Waals surface area (Å²) in [6.45, 7) is 2.34. The second-order valence-electron chi connectivity index (χ2n) is 6.15. The maximum Gasteiger partial charge on any atom is 0.305 e. The van der Waals surface area contributed by atoms with E-state index in [1.807, 2.05) is 35.8 Å². The third kappa shape index (κ3) is 4.31. The number of hydrogen-bond donors (Lipinski definition) is 2. The largest absolute Gasteiger partial charge is 0.496 e. The molecular formula is C20H26N2O5. The Morgan fingerprint density at radius 2 is 1.93 bits per heavy atom. The molecule has 1 heterocycles. The fraction of sp³-hybridized carbons (Fsp3) is 0.400. The molecular weight excluding hydrogens is 348 g/mol. The second kappa shape index (κ2) is 9.23. The molecule has 0 unspecified atom stereocenters. The molecule has 1 aromatic carbocycles. The summed E-state index contributed by atoms with van der Waals surface area (Å²) in [5.74, 6) is -0.275. The fourth-order valence-electron chi connectivity index (χ4n) is 3.35. The molecule has 0 fully saturated rings. The maximum atomic E-state index is 12.3. The number of esters is 1. The second-order valence-corrected chi connectivity index (χ2v) is 6.15. The molecule has 2 aromatic rings. The van der Waals surface area contributed by atoms with E-state index in [2.05, 4.69) is 0 Å². The third-order valence-corrected chi connectivity index (χ3v) is 4.59. The lowest BCUT2D eigenvalue weighted by Crippen LogP contribution is -2.13. The lowest BCUT2D eigenvalue weighted by atomic mass is 9.97. The van der Waals surface area contributed by atoms with Crippen LogP contribution in [-0.4, -0.2) is 42.4 Å². The molecule has 0 bridgehead atoms. The van der Waals surface area contributed by atoms with Crippen LogP contribution in [0.2, 0.25) is 0 Å². The van der Waals surface area contributed by atoms with Crippen molar-refractivity contribution in [3.05, 3.63) is 41.2 Å². The van der Waals surface area contributed by atoms with Gasteiger partial charge >= 0.3 is 5.97 Å². The van der Waals surface area contributed by atoms with E-state index in [9.17, 15) is 14.7 Å². The van der Waals surface area contributed by atoms with Crippen molar-refractivity contribution in [2.75, 3.05) is 20.8 Å². The Kier molecular flexibility index (Phi) is 7.01. The Labute approximate surface area is 158 Å². The summed E-state index contributed by atoms with van der Waals surface area (Å²) in [5.41, 5.74) is 9.01. The first-order chi connectivity index (χ1) is 13.0. The van der Waals surface area contributed by atoms with Gasteiger partial charge in [-0.15, -0.1) is 0 Å². The lowest BCUT2D eigenvalue weighted by Gasteiger charge is -2.14. The number of nitrogens with two attached hydrogens (primary N) is 1. The van der Waals surface area contributed by atoms with Crippen molar-refractivity contribution in [3.8, 4) is 16.9 Å². The number of carbonyl (C=O) groups excluding carboxylic acids is 2. The highest BCUT2D eigenvalue weighted by Crippen LogP contribution is 2.38. The Hall–Kier alpha value is -2.80. The smallest absolute Gasteiger partial charge is 0.305 e. The van der Waals surface area contributed by atoms with E-state index in [4.69, 9.17) is 15.2 Å². The zero-order valence-corrected chi connectivity index (χ0v) is 15.9. The fourth-order valence-corrected chi connectivity index (χ4v) is 3.35. The summed E-state index contributed by atoms with van der Waals surface area (Å²) in [7, 11) is 2.90. The molecule has 3 N–H and O–H groups in total. The molecule has 1 aromatic heterocycles. The van der Waals surface area contributed by atoms with Crippen LogP contribution >= 0.6 is 0 Å². The van der Waals surface area contributed by atoms with Gasteiger partial charge in [0.25, 0.3) is 5.91 Å². The standard InChI is InChI=1S/C20H26N2O5/c1-13-18(20(21)25)19(14-7-4-5-8-16(14)26-2)15(9-10-17(24)27-3)22(13)11-6-12-23/h4-5,7-8,23H,6,9-12H2,1-3H3,(H2,21,25). The first-order valence-corrected chi connectivity index (χ1v) is 8.79. The highest BCUT2D eigenvalue weighted by atomic mass is 16.5. The summed E-state index contributed by atoms with van der Waals surface area (Å²) in [4.78, 5) is 24.0. The van der Waals surface area contributed by atoms with E-state index in [1.54, 1.807) is 7.11 Å². The van der Waals surface area contributed by atoms with Gasteiger partial charge in [0, 0.05) is 35.7 Å². The number of primary amides is 1. The van der Waals surface area contributed by atoms with Crippen molar-refractivity contribution < 1.29 is 24.2 Å². The first-order valence-electron chi connectivity index (χ1n) is 8.79. The number of aliphatic hydroxyl groups excluding tert-OH is 1. The lowest BCUT2D eigenvalue weighted by molar-refractivity contribution is -0.140. The van der Waals surface area contributed by atoms with E-state index >= 15 is 0 Å². The minimum atomic E-state index is -0.546. The van der Waals surface area contributed by atoms with Gasteiger partial charge in [0.05, 0.1) is 26.2 Å². The predicted molar refractivity (Wildman–Crippen MR) is 102 cm³/mol. The van der Waals surface area contributed by atoms with Gasteiger partial charge in [-0.1, -0.05) is 18.2 Å². The van der Waals surface area contributed by atoms with Crippen LogP contribution in [-0.2, 0) is 22.5 Å². The van der Waals surface area contributed by atoms with E-state index in [-0.39, 0.29) is 19.0 Å². The average Bonchev–Trinajstić information content (AvgIpc) is 2.95. The Morgan fingerprint density at radius 1 is 1.22 bits per heavy atom. The van der Waals surface area contributed by atoms with Gasteiger partial charge in [0.15, 0.2) is 0 Å². The molecule has 0 aliphatic rings. The number of aromatic nitrogens is 1. The molecule has 27 heavy (non-hydrogen) atoms. The Bertz CT molecular complexity index is 826. The quantitative estimate of drug-likeness (QED) is 0.654. The molecule has 7 heteroatoms. The van der Waals surface area contributed by atoms with Crippen LogP contribution in [0.1, 0.15) is 34.6 Å². The van der Waals surface area contributed by atoms with Gasteiger partial charge in [-0.2, -0.15) is 0 Å². The maximum absolute atomic E-state index is 12.3. The molecule has 0 aliphatic carbocycles. The molecule has 0 saturated heterocycles. The molecule has 1 amide bonds. The van der Waals surface area contributed by atoms with Crippen molar-refractivity contribution in [1.82, 2.24) is 4.57 Å². The zero-order chi connectivity index (χ0) is 20.0. The molecule has 0 atom stereocenters. The summed E-state index contributed by atoms with van der Waals surface area (Å²) >= 11 is 0.